The van der Waals surface area contributed by atoms with Crippen LogP contribution in [-0.4, -0.2) is 35.1 Å². The highest BCUT2D eigenvalue weighted by Gasteiger charge is 2.25. The number of nitrogens with two attached hydrogens (primary N) is 1. The van der Waals surface area contributed by atoms with Crippen LogP contribution in [0.2, 0.25) is 0 Å². The number of hydrogen-bond donors (Lipinski definition) is 4. The van der Waals surface area contributed by atoms with E-state index >= 15 is 0 Å². The molecule has 0 aliphatic heterocycles. The van der Waals surface area contributed by atoms with E-state index in [1.807, 2.05) is 0 Å². The van der Waals surface area contributed by atoms with Gasteiger partial charge in [0.2, 0.25) is 5.91 Å². The van der Waals surface area contributed by atoms with Gasteiger partial charge in [-0.25, -0.2) is 9.59 Å². The van der Waals surface area contributed by atoms with Crippen LogP contribution in [0.3, 0.4) is 0 Å². The molecular weight excluding hydrogens is 274 g/mol. The molecule has 5 N–H and O–H groups in total. The van der Waals surface area contributed by atoms with Gasteiger partial charge >= 0.3 is 12.0 Å². The first-order valence-corrected chi connectivity index (χ1v) is 7.50. The summed E-state index contributed by atoms with van der Waals surface area (Å²) in [5.41, 5.74) is 4.96. The lowest BCUT2D eigenvalue weighted by atomic mass is 9.83. The molecule has 0 aromatic rings. The Labute approximate surface area is 124 Å². The van der Waals surface area contributed by atoms with Crippen LogP contribution >= 0.6 is 0 Å². The number of carbonyl (C=O) groups is 3. The number of nitrogens with one attached hydrogen (secondary N) is 2. The summed E-state index contributed by atoms with van der Waals surface area (Å²) >= 11 is 0. The summed E-state index contributed by atoms with van der Waals surface area (Å²) in [4.78, 5) is 33.5. The molecule has 0 unspecified atom stereocenters. The first-order chi connectivity index (χ1) is 9.92. The first kappa shape index (κ1) is 17.3. The van der Waals surface area contributed by atoms with Gasteiger partial charge in [-0.15, -0.1) is 0 Å². The lowest BCUT2D eigenvalue weighted by Crippen LogP contribution is -2.50. The van der Waals surface area contributed by atoms with Gasteiger partial charge in [-0.05, 0) is 31.6 Å². The molecule has 1 aliphatic rings. The smallest absolute Gasteiger partial charge is 0.326 e. The van der Waals surface area contributed by atoms with Crippen LogP contribution in [0.5, 0.6) is 0 Å². The largest absolute Gasteiger partial charge is 0.480 e. The number of hydrogen-bond acceptors (Lipinski definition) is 3. The van der Waals surface area contributed by atoms with Crippen LogP contribution < -0.4 is 16.4 Å². The highest BCUT2D eigenvalue weighted by molar-refractivity contribution is 5.87. The Bertz CT molecular complexity index is 378. The fraction of sp³-hybridized carbons (Fsp3) is 0.786. The Hall–Kier alpha value is -1.79. The molecule has 120 valence electrons. The highest BCUT2D eigenvalue weighted by Crippen LogP contribution is 2.27. The molecule has 0 radical (unpaired) electrons. The second-order valence-corrected chi connectivity index (χ2v) is 5.69. The van der Waals surface area contributed by atoms with Gasteiger partial charge in [0.15, 0.2) is 0 Å². The van der Waals surface area contributed by atoms with Crippen molar-refractivity contribution in [2.24, 2.45) is 11.7 Å². The predicted octanol–water partition coefficient (Wildman–Crippen LogP) is 0.973. The topological polar surface area (TPSA) is 122 Å². The maximum Gasteiger partial charge on any atom is 0.326 e. The van der Waals surface area contributed by atoms with Crippen molar-refractivity contribution in [2.75, 3.05) is 0 Å². The fourth-order valence-corrected chi connectivity index (χ4v) is 2.79. The quantitative estimate of drug-likeness (QED) is 0.559. The molecule has 1 fully saturated rings. The maximum atomic E-state index is 11.8. The minimum atomic E-state index is -1.28. The highest BCUT2D eigenvalue weighted by atomic mass is 16.4. The van der Waals surface area contributed by atoms with Gasteiger partial charge in [0.05, 0.1) is 6.42 Å². The summed E-state index contributed by atoms with van der Waals surface area (Å²) in [6.45, 7) is 2.17. The van der Waals surface area contributed by atoms with E-state index < -0.39 is 30.4 Å². The molecule has 0 saturated heterocycles. The minimum absolute atomic E-state index is 0.0705. The van der Waals surface area contributed by atoms with Gasteiger partial charge in [0, 0.05) is 6.04 Å². The Morgan fingerprint density at radius 2 is 1.86 bits per heavy atom. The van der Waals surface area contributed by atoms with Crippen LogP contribution in [0.1, 0.15) is 51.9 Å². The van der Waals surface area contributed by atoms with Crippen molar-refractivity contribution >= 4 is 17.9 Å². The van der Waals surface area contributed by atoms with Crippen molar-refractivity contribution in [3.8, 4) is 0 Å². The predicted molar refractivity (Wildman–Crippen MR) is 77.6 cm³/mol. The van der Waals surface area contributed by atoms with Gasteiger partial charge in [0.1, 0.15) is 6.04 Å². The van der Waals surface area contributed by atoms with E-state index in [-0.39, 0.29) is 6.04 Å². The summed E-state index contributed by atoms with van der Waals surface area (Å²) in [6, 6.07) is -1.76. The van der Waals surface area contributed by atoms with Crippen LogP contribution in [-0.2, 0) is 9.59 Å². The van der Waals surface area contributed by atoms with E-state index in [9.17, 15) is 14.4 Å². The number of rotatable bonds is 7. The van der Waals surface area contributed by atoms with Crippen molar-refractivity contribution < 1.29 is 19.5 Å². The number of primary amides is 1. The Kier molecular flexibility index (Phi) is 6.98. The second-order valence-electron chi connectivity index (χ2n) is 5.69. The molecule has 0 spiro atoms. The van der Waals surface area contributed by atoms with Gasteiger partial charge in [-0.3, -0.25) is 4.79 Å². The zero-order valence-corrected chi connectivity index (χ0v) is 12.4. The molecule has 1 saturated carbocycles. The van der Waals surface area contributed by atoms with Gasteiger partial charge < -0.3 is 21.5 Å². The summed E-state index contributed by atoms with van der Waals surface area (Å²) in [5.74, 6) is -1.30. The molecule has 7 heteroatoms. The number of urea groups is 1. The van der Waals surface area contributed by atoms with E-state index in [4.69, 9.17) is 10.8 Å². The number of carboxylic acid groups (broad SMARTS) is 1. The Morgan fingerprint density at radius 3 is 2.33 bits per heavy atom. The lowest BCUT2D eigenvalue weighted by molar-refractivity contribution is -0.140. The average molecular weight is 299 g/mol. The molecule has 1 rings (SSSR count). The van der Waals surface area contributed by atoms with Gasteiger partial charge in [-0.2, -0.15) is 0 Å². The van der Waals surface area contributed by atoms with Gasteiger partial charge in [0.25, 0.3) is 0 Å². The standard InChI is InChI=1S/C14H25N3O4/c1-2-3-9-4-6-10(7-5-9)16-14(21)17-11(13(19)20)8-12(15)18/h9-11H,2-8H2,1H3,(H2,15,18)(H,19,20)(H2,16,17,21)/t9?,10?,11-/m0/s1. The van der Waals surface area contributed by atoms with Crippen molar-refractivity contribution in [1.82, 2.24) is 10.6 Å². The number of carbonyl (C=O) groups excluding carboxylic acids is 2. The summed E-state index contributed by atoms with van der Waals surface area (Å²) < 4.78 is 0. The number of carboxylic acids is 1. The molecule has 1 aliphatic carbocycles. The number of amides is 3. The molecular formula is C14H25N3O4. The third kappa shape index (κ3) is 6.46. The minimum Gasteiger partial charge on any atom is -0.480 e. The van der Waals surface area contributed by atoms with Crippen LogP contribution in [0.4, 0.5) is 4.79 Å². The fourth-order valence-electron chi connectivity index (χ4n) is 2.79. The van der Waals surface area contributed by atoms with E-state index in [0.717, 1.165) is 31.6 Å². The van der Waals surface area contributed by atoms with E-state index in [1.54, 1.807) is 0 Å². The van der Waals surface area contributed by atoms with E-state index in [0.29, 0.717) is 0 Å². The van der Waals surface area contributed by atoms with Crippen molar-refractivity contribution in [1.29, 1.82) is 0 Å². The lowest BCUT2D eigenvalue weighted by Gasteiger charge is -2.29. The molecule has 21 heavy (non-hydrogen) atoms. The molecule has 0 bridgehead atoms. The summed E-state index contributed by atoms with van der Waals surface area (Å²) in [7, 11) is 0. The zero-order chi connectivity index (χ0) is 15.8. The van der Waals surface area contributed by atoms with Crippen LogP contribution in [0.25, 0.3) is 0 Å². The van der Waals surface area contributed by atoms with Crippen molar-refractivity contribution in [2.45, 2.75) is 64.0 Å². The molecule has 0 heterocycles. The van der Waals surface area contributed by atoms with Crippen LogP contribution in [0, 0.1) is 5.92 Å². The second kappa shape index (κ2) is 8.49. The molecule has 0 aromatic heterocycles. The SMILES string of the molecule is CCCC1CCC(NC(=O)N[C@@H](CC(N)=O)C(=O)O)CC1. The monoisotopic (exact) mass is 299 g/mol. The van der Waals surface area contributed by atoms with E-state index in [1.165, 1.54) is 12.8 Å². The van der Waals surface area contributed by atoms with E-state index in [2.05, 4.69) is 17.6 Å². The average Bonchev–Trinajstić information content (AvgIpc) is 2.40. The number of aliphatic carboxylic acids is 1. The normalized spacial score (nSPS) is 23.1. The molecule has 1 atom stereocenters. The Balaban J connectivity index is 2.36. The first-order valence-electron chi connectivity index (χ1n) is 7.50. The van der Waals surface area contributed by atoms with Crippen molar-refractivity contribution in [3.63, 3.8) is 0 Å². The third-order valence-corrected chi connectivity index (χ3v) is 3.89. The molecule has 3 amide bonds. The summed E-state index contributed by atoms with van der Waals surface area (Å²) in [6.07, 6.45) is 5.98. The van der Waals surface area contributed by atoms with Gasteiger partial charge in [-0.1, -0.05) is 19.8 Å². The Morgan fingerprint density at radius 1 is 1.24 bits per heavy atom. The summed E-state index contributed by atoms with van der Waals surface area (Å²) in [5, 5.41) is 14.0. The van der Waals surface area contributed by atoms with Crippen LogP contribution in [0.15, 0.2) is 0 Å². The third-order valence-electron chi connectivity index (χ3n) is 3.89. The maximum absolute atomic E-state index is 11.8. The molecule has 0 aromatic carbocycles. The zero-order valence-electron chi connectivity index (χ0n) is 12.4. The van der Waals surface area contributed by atoms with Crippen molar-refractivity contribution in [3.05, 3.63) is 0 Å². The molecule has 7 nitrogen and oxygen atoms in total.